The van der Waals surface area contributed by atoms with Crippen LogP contribution in [0.2, 0.25) is 5.02 Å². The molecule has 0 atom stereocenters. The van der Waals surface area contributed by atoms with E-state index in [1.165, 1.54) is 0 Å². The Hall–Kier alpha value is -1.17. The van der Waals surface area contributed by atoms with E-state index in [4.69, 9.17) is 29.6 Å². The number of hydrogen-bond donors (Lipinski definition) is 2. The summed E-state index contributed by atoms with van der Waals surface area (Å²) in [5, 5.41) is 3.64. The van der Waals surface area contributed by atoms with E-state index in [-0.39, 0.29) is 9.46 Å². The Morgan fingerprint density at radius 3 is 2.65 bits per heavy atom. The molecule has 0 spiro atoms. The molecule has 0 amide bonds. The van der Waals surface area contributed by atoms with Gasteiger partial charge in [-0.1, -0.05) is 42.0 Å². The molecule has 0 saturated heterocycles. The number of halogens is 3. The first-order valence-electron chi connectivity index (χ1n) is 5.75. The van der Waals surface area contributed by atoms with Gasteiger partial charge in [0.25, 0.3) is 0 Å². The fourth-order valence-electron chi connectivity index (χ4n) is 1.71. The lowest BCUT2D eigenvalue weighted by Gasteiger charge is -2.12. The summed E-state index contributed by atoms with van der Waals surface area (Å²) in [5.74, 6) is -0.428. The van der Waals surface area contributed by atoms with E-state index in [1.807, 2.05) is 18.2 Å². The lowest BCUT2D eigenvalue weighted by Crippen LogP contribution is -2.12. The fraction of sp³-hybridized carbons (Fsp3) is 0.0714. The molecule has 2 rings (SSSR count). The molecule has 3 N–H and O–H groups in total. The van der Waals surface area contributed by atoms with E-state index in [0.29, 0.717) is 22.8 Å². The second-order valence-electron chi connectivity index (χ2n) is 4.10. The first-order chi connectivity index (χ1) is 9.50. The number of nitrogens with one attached hydrogen (secondary N) is 1. The molecule has 2 aromatic rings. The van der Waals surface area contributed by atoms with Gasteiger partial charge in [-0.2, -0.15) is 0 Å². The highest BCUT2D eigenvalue weighted by molar-refractivity contribution is 9.10. The highest BCUT2D eigenvalue weighted by atomic mass is 79.9. The topological polar surface area (TPSA) is 38.0 Å². The number of benzene rings is 2. The molecule has 2 nitrogen and oxygen atoms in total. The van der Waals surface area contributed by atoms with Crippen LogP contribution in [0.4, 0.5) is 10.1 Å². The fourth-order valence-corrected chi connectivity index (χ4v) is 2.77. The summed E-state index contributed by atoms with van der Waals surface area (Å²) in [6.07, 6.45) is 0. The van der Waals surface area contributed by atoms with Crippen molar-refractivity contribution in [2.24, 2.45) is 5.73 Å². The molecule has 0 fully saturated rings. The average Bonchev–Trinajstić information content (AvgIpc) is 2.41. The third-order valence-electron chi connectivity index (χ3n) is 2.77. The monoisotopic (exact) mass is 372 g/mol. The van der Waals surface area contributed by atoms with Gasteiger partial charge >= 0.3 is 0 Å². The summed E-state index contributed by atoms with van der Waals surface area (Å²) in [4.78, 5) is 0.147. The highest BCUT2D eigenvalue weighted by Gasteiger charge is 2.12. The van der Waals surface area contributed by atoms with Gasteiger partial charge in [-0.05, 0) is 39.7 Å². The van der Waals surface area contributed by atoms with Crippen LogP contribution >= 0.6 is 39.7 Å². The Bertz CT molecular complexity index is 664. The first kappa shape index (κ1) is 15.2. The van der Waals surface area contributed by atoms with Crippen molar-refractivity contribution in [2.45, 2.75) is 6.54 Å². The normalized spacial score (nSPS) is 10.3. The molecule has 104 valence electrons. The van der Waals surface area contributed by atoms with E-state index in [0.717, 1.165) is 5.56 Å². The Morgan fingerprint density at radius 2 is 2.00 bits per heavy atom. The number of nitrogens with two attached hydrogens (primary N) is 1. The largest absolute Gasteiger partial charge is 0.389 e. The van der Waals surface area contributed by atoms with Crippen LogP contribution in [-0.4, -0.2) is 4.99 Å². The number of rotatable bonds is 4. The molecular weight excluding hydrogens is 363 g/mol. The van der Waals surface area contributed by atoms with Crippen molar-refractivity contribution in [3.63, 3.8) is 0 Å². The molecule has 20 heavy (non-hydrogen) atoms. The van der Waals surface area contributed by atoms with Crippen molar-refractivity contribution in [1.29, 1.82) is 0 Å². The van der Waals surface area contributed by atoms with Gasteiger partial charge < -0.3 is 11.1 Å². The Balaban J connectivity index is 2.21. The minimum Gasteiger partial charge on any atom is -0.389 e. The van der Waals surface area contributed by atoms with Crippen molar-refractivity contribution in [2.75, 3.05) is 5.32 Å². The van der Waals surface area contributed by atoms with Gasteiger partial charge in [-0.3, -0.25) is 0 Å². The summed E-state index contributed by atoms with van der Waals surface area (Å²) >= 11 is 14.1. The molecule has 0 bridgehead atoms. The smallest absolute Gasteiger partial charge is 0.161 e. The standard InChI is InChI=1S/C14H11BrClFN2S/c15-12-9(14(18)20)5-6-11(13(12)17)19-7-8-3-1-2-4-10(8)16/h1-6,19H,7H2,(H2,18,20). The molecule has 2 aromatic carbocycles. The van der Waals surface area contributed by atoms with E-state index in [1.54, 1.807) is 18.2 Å². The summed E-state index contributed by atoms with van der Waals surface area (Å²) in [6, 6.07) is 10.7. The van der Waals surface area contributed by atoms with Crippen LogP contribution in [-0.2, 0) is 6.54 Å². The molecule has 0 heterocycles. The van der Waals surface area contributed by atoms with E-state index in [2.05, 4.69) is 21.2 Å². The lowest BCUT2D eigenvalue weighted by molar-refractivity contribution is 0.623. The molecule has 0 aliphatic heterocycles. The predicted molar refractivity (Wildman–Crippen MR) is 88.8 cm³/mol. The van der Waals surface area contributed by atoms with Crippen molar-refractivity contribution in [3.05, 3.63) is 62.8 Å². The van der Waals surface area contributed by atoms with Crippen molar-refractivity contribution >= 4 is 50.4 Å². The Kier molecular flexibility index (Phi) is 4.96. The van der Waals surface area contributed by atoms with Crippen molar-refractivity contribution in [1.82, 2.24) is 0 Å². The van der Waals surface area contributed by atoms with Gasteiger partial charge in [0.2, 0.25) is 0 Å². The quantitative estimate of drug-likeness (QED) is 0.776. The number of anilines is 1. The third-order valence-corrected chi connectivity index (χ3v) is 4.14. The number of hydrogen-bond acceptors (Lipinski definition) is 2. The van der Waals surface area contributed by atoms with Crippen LogP contribution in [0.15, 0.2) is 40.9 Å². The van der Waals surface area contributed by atoms with Crippen LogP contribution in [0.3, 0.4) is 0 Å². The zero-order chi connectivity index (χ0) is 14.7. The molecule has 0 saturated carbocycles. The lowest BCUT2D eigenvalue weighted by atomic mass is 10.1. The molecular formula is C14H11BrClFN2S. The van der Waals surface area contributed by atoms with Crippen molar-refractivity contribution in [3.8, 4) is 0 Å². The average molecular weight is 374 g/mol. The molecule has 0 unspecified atom stereocenters. The van der Waals surface area contributed by atoms with Crippen LogP contribution < -0.4 is 11.1 Å². The van der Waals surface area contributed by atoms with Gasteiger partial charge in [0, 0.05) is 17.1 Å². The molecule has 0 radical (unpaired) electrons. The minimum atomic E-state index is -0.428. The van der Waals surface area contributed by atoms with Gasteiger partial charge in [-0.25, -0.2) is 4.39 Å². The summed E-state index contributed by atoms with van der Waals surface area (Å²) in [7, 11) is 0. The maximum absolute atomic E-state index is 14.2. The molecule has 0 aliphatic carbocycles. The molecule has 0 aromatic heterocycles. The van der Waals surface area contributed by atoms with Crippen LogP contribution in [0, 0.1) is 5.82 Å². The molecule has 6 heteroatoms. The zero-order valence-electron chi connectivity index (χ0n) is 10.3. The maximum atomic E-state index is 14.2. The van der Waals surface area contributed by atoms with Crippen molar-refractivity contribution < 1.29 is 4.39 Å². The van der Waals surface area contributed by atoms with Gasteiger partial charge in [0.1, 0.15) is 4.99 Å². The summed E-state index contributed by atoms with van der Waals surface area (Å²) < 4.78 is 14.4. The zero-order valence-corrected chi connectivity index (χ0v) is 13.4. The second-order valence-corrected chi connectivity index (χ2v) is 5.74. The van der Waals surface area contributed by atoms with Gasteiger partial charge in [0.15, 0.2) is 5.82 Å². The summed E-state index contributed by atoms with van der Waals surface area (Å²) in [6.45, 7) is 0.426. The minimum absolute atomic E-state index is 0.147. The van der Waals surface area contributed by atoms with Crippen LogP contribution in [0.5, 0.6) is 0 Å². The number of thiocarbonyl (C=S) groups is 1. The van der Waals surface area contributed by atoms with Gasteiger partial charge in [-0.15, -0.1) is 0 Å². The van der Waals surface area contributed by atoms with Crippen LogP contribution in [0.25, 0.3) is 0 Å². The SMILES string of the molecule is NC(=S)c1ccc(NCc2ccccc2Cl)c(F)c1Br. The van der Waals surface area contributed by atoms with E-state index >= 15 is 0 Å². The Labute approximate surface area is 135 Å². The third kappa shape index (κ3) is 3.29. The Morgan fingerprint density at radius 1 is 1.30 bits per heavy atom. The maximum Gasteiger partial charge on any atom is 0.161 e. The van der Waals surface area contributed by atoms with E-state index in [9.17, 15) is 4.39 Å². The van der Waals surface area contributed by atoms with Gasteiger partial charge in [0.05, 0.1) is 10.2 Å². The summed E-state index contributed by atoms with van der Waals surface area (Å²) in [5.41, 5.74) is 7.24. The predicted octanol–water partition coefficient (Wildman–Crippen LogP) is 4.49. The molecule has 0 aliphatic rings. The van der Waals surface area contributed by atoms with E-state index < -0.39 is 5.82 Å². The first-order valence-corrected chi connectivity index (χ1v) is 7.33. The van der Waals surface area contributed by atoms with Crippen LogP contribution in [0.1, 0.15) is 11.1 Å². The second kappa shape index (κ2) is 6.52. The highest BCUT2D eigenvalue weighted by Crippen LogP contribution is 2.28.